The molecule has 0 unspecified atom stereocenters. The van der Waals surface area contributed by atoms with Gasteiger partial charge in [-0.3, -0.25) is 4.79 Å². The van der Waals surface area contributed by atoms with Crippen molar-refractivity contribution in [2.75, 3.05) is 5.75 Å². The Labute approximate surface area is 114 Å². The second-order valence-corrected chi connectivity index (χ2v) is 5.43. The molecule has 2 heterocycles. The lowest BCUT2D eigenvalue weighted by molar-refractivity contribution is -0.0786. The summed E-state index contributed by atoms with van der Waals surface area (Å²) in [6.45, 7) is 1.42. The number of carbonyl (C=O) groups excluding carboxylic acids is 1. The average molecular weight is 285 g/mol. The van der Waals surface area contributed by atoms with Crippen LogP contribution in [0, 0.1) is 0 Å². The van der Waals surface area contributed by atoms with Gasteiger partial charge in [-0.05, 0) is 12.1 Å². The topological polar surface area (TPSA) is 99.9 Å². The number of ether oxygens (including phenoxy) is 1. The van der Waals surface area contributed by atoms with Crippen LogP contribution in [0.4, 0.5) is 0 Å². The van der Waals surface area contributed by atoms with Crippen LogP contribution in [0.5, 0.6) is 5.75 Å². The number of pyridine rings is 1. The van der Waals surface area contributed by atoms with Crippen LogP contribution < -0.4 is 4.74 Å². The third-order valence-corrected chi connectivity index (χ3v) is 4.04. The van der Waals surface area contributed by atoms with Crippen molar-refractivity contribution >= 4 is 17.5 Å². The third kappa shape index (κ3) is 3.24. The summed E-state index contributed by atoms with van der Waals surface area (Å²) in [4.78, 5) is 15.0. The molecule has 7 heteroatoms. The van der Waals surface area contributed by atoms with Gasteiger partial charge >= 0.3 is 0 Å². The Hall–Kier alpha value is -1.15. The fourth-order valence-corrected chi connectivity index (χ4v) is 2.80. The highest BCUT2D eigenvalue weighted by Crippen LogP contribution is 2.28. The van der Waals surface area contributed by atoms with Crippen molar-refractivity contribution in [1.82, 2.24) is 4.98 Å². The Morgan fingerprint density at radius 2 is 2.11 bits per heavy atom. The standard InChI is InChI=1S/C12H15NO5S/c1-6(14)8-3-2-7(4-13-8)18-12-11(17)10(16)9(15)5-19-12/h2-4,9-12,15-17H,5H2,1H3/t9-,10+,11-,12-/m1/s1. The summed E-state index contributed by atoms with van der Waals surface area (Å²) in [5.74, 6) is 0.532. The van der Waals surface area contributed by atoms with Gasteiger partial charge in [0.1, 0.15) is 23.7 Å². The summed E-state index contributed by atoms with van der Waals surface area (Å²) in [6, 6.07) is 3.11. The van der Waals surface area contributed by atoms with Crippen molar-refractivity contribution in [3.05, 3.63) is 24.0 Å². The average Bonchev–Trinajstić information content (AvgIpc) is 2.40. The molecule has 0 amide bonds. The van der Waals surface area contributed by atoms with Crippen molar-refractivity contribution in [3.8, 4) is 5.75 Å². The fraction of sp³-hybridized carbons (Fsp3) is 0.500. The molecule has 6 nitrogen and oxygen atoms in total. The van der Waals surface area contributed by atoms with Gasteiger partial charge in [-0.1, -0.05) is 0 Å². The minimum absolute atomic E-state index is 0.142. The smallest absolute Gasteiger partial charge is 0.178 e. The number of thioether (sulfide) groups is 1. The molecule has 1 aromatic rings. The Morgan fingerprint density at radius 1 is 1.37 bits per heavy atom. The molecule has 4 atom stereocenters. The number of aromatic nitrogens is 1. The van der Waals surface area contributed by atoms with Gasteiger partial charge < -0.3 is 20.1 Å². The first kappa shape index (κ1) is 14.3. The largest absolute Gasteiger partial charge is 0.475 e. The van der Waals surface area contributed by atoms with E-state index in [-0.39, 0.29) is 11.5 Å². The van der Waals surface area contributed by atoms with Gasteiger partial charge in [0.15, 0.2) is 11.2 Å². The molecule has 2 rings (SSSR count). The lowest BCUT2D eigenvalue weighted by atomic mass is 10.1. The number of carbonyl (C=O) groups is 1. The molecule has 1 aromatic heterocycles. The molecule has 0 saturated carbocycles. The molecule has 1 saturated heterocycles. The fourth-order valence-electron chi connectivity index (χ4n) is 1.68. The van der Waals surface area contributed by atoms with E-state index in [9.17, 15) is 20.1 Å². The molecule has 1 aliphatic heterocycles. The van der Waals surface area contributed by atoms with Crippen LogP contribution in [-0.2, 0) is 0 Å². The number of rotatable bonds is 3. The zero-order valence-electron chi connectivity index (χ0n) is 10.3. The molecule has 0 aliphatic carbocycles. The van der Waals surface area contributed by atoms with Gasteiger partial charge in [0.05, 0.1) is 12.3 Å². The Morgan fingerprint density at radius 3 is 2.68 bits per heavy atom. The van der Waals surface area contributed by atoms with Crippen molar-refractivity contribution in [3.63, 3.8) is 0 Å². The minimum Gasteiger partial charge on any atom is -0.475 e. The Kier molecular flexibility index (Phi) is 4.41. The van der Waals surface area contributed by atoms with Crippen molar-refractivity contribution < 1.29 is 24.9 Å². The number of aliphatic hydroxyl groups excluding tert-OH is 3. The second-order valence-electron chi connectivity index (χ2n) is 4.30. The summed E-state index contributed by atoms with van der Waals surface area (Å²) in [5, 5.41) is 28.7. The Bertz CT molecular complexity index is 452. The summed E-state index contributed by atoms with van der Waals surface area (Å²) in [5.41, 5.74) is -0.344. The molecule has 3 N–H and O–H groups in total. The van der Waals surface area contributed by atoms with Gasteiger partial charge in [0.25, 0.3) is 0 Å². The third-order valence-electron chi connectivity index (χ3n) is 2.80. The molecule has 19 heavy (non-hydrogen) atoms. The first-order valence-corrected chi connectivity index (χ1v) is 6.83. The van der Waals surface area contributed by atoms with Crippen LogP contribution in [0.25, 0.3) is 0 Å². The van der Waals surface area contributed by atoms with E-state index in [1.807, 2.05) is 0 Å². The highest BCUT2D eigenvalue weighted by Gasteiger charge is 2.38. The van der Waals surface area contributed by atoms with Gasteiger partial charge in [-0.15, -0.1) is 11.8 Å². The van der Waals surface area contributed by atoms with Crippen LogP contribution in [-0.4, -0.2) is 55.6 Å². The zero-order valence-corrected chi connectivity index (χ0v) is 11.1. The van der Waals surface area contributed by atoms with E-state index >= 15 is 0 Å². The molecule has 1 fully saturated rings. The van der Waals surface area contributed by atoms with Gasteiger partial charge in [0.2, 0.25) is 0 Å². The molecule has 104 valence electrons. The van der Waals surface area contributed by atoms with E-state index in [1.165, 1.54) is 30.9 Å². The number of ketones is 1. The van der Waals surface area contributed by atoms with Crippen molar-refractivity contribution in [2.45, 2.75) is 30.7 Å². The number of aliphatic hydroxyl groups is 3. The second kappa shape index (κ2) is 5.87. The van der Waals surface area contributed by atoms with Crippen molar-refractivity contribution in [1.29, 1.82) is 0 Å². The van der Waals surface area contributed by atoms with E-state index in [0.29, 0.717) is 11.4 Å². The molecular weight excluding hydrogens is 270 g/mol. The summed E-state index contributed by atoms with van der Waals surface area (Å²) in [7, 11) is 0. The number of Topliss-reactive ketones (excluding diaryl/α,β-unsaturated/α-hetero) is 1. The lowest BCUT2D eigenvalue weighted by Crippen LogP contribution is -2.50. The zero-order chi connectivity index (χ0) is 14.0. The first-order chi connectivity index (χ1) is 8.99. The van der Waals surface area contributed by atoms with Gasteiger partial charge in [-0.25, -0.2) is 4.98 Å². The molecule has 0 bridgehead atoms. The number of nitrogens with zero attached hydrogens (tertiary/aromatic N) is 1. The maximum absolute atomic E-state index is 11.1. The molecule has 0 spiro atoms. The van der Waals surface area contributed by atoms with Crippen molar-refractivity contribution in [2.24, 2.45) is 0 Å². The lowest BCUT2D eigenvalue weighted by Gasteiger charge is -2.34. The minimum atomic E-state index is -1.23. The maximum atomic E-state index is 11.1. The van der Waals surface area contributed by atoms with E-state index in [0.717, 1.165) is 0 Å². The molecule has 1 aliphatic rings. The summed E-state index contributed by atoms with van der Waals surface area (Å²) >= 11 is 1.21. The highest BCUT2D eigenvalue weighted by atomic mass is 32.2. The van der Waals surface area contributed by atoms with Crippen LogP contribution in [0.2, 0.25) is 0 Å². The molecule has 0 radical (unpaired) electrons. The van der Waals surface area contributed by atoms with Gasteiger partial charge in [0, 0.05) is 12.7 Å². The summed E-state index contributed by atoms with van der Waals surface area (Å²) in [6.07, 6.45) is -1.98. The first-order valence-electron chi connectivity index (χ1n) is 5.78. The van der Waals surface area contributed by atoms with E-state index < -0.39 is 23.7 Å². The summed E-state index contributed by atoms with van der Waals surface area (Å²) < 4.78 is 5.49. The van der Waals surface area contributed by atoms with Gasteiger partial charge in [-0.2, -0.15) is 0 Å². The van der Waals surface area contributed by atoms with Crippen LogP contribution in [0.15, 0.2) is 18.3 Å². The molecule has 0 aromatic carbocycles. The number of hydrogen-bond donors (Lipinski definition) is 3. The van der Waals surface area contributed by atoms with Crippen LogP contribution >= 0.6 is 11.8 Å². The molecular formula is C12H15NO5S. The predicted molar refractivity (Wildman–Crippen MR) is 69.1 cm³/mol. The number of hydrogen-bond acceptors (Lipinski definition) is 7. The van der Waals surface area contributed by atoms with E-state index in [4.69, 9.17) is 4.74 Å². The SMILES string of the molecule is CC(=O)c1ccc(O[C@@H]2SC[C@@H](O)[C@H](O)[C@H]2O)cn1. The van der Waals surface area contributed by atoms with Crippen LogP contribution in [0.1, 0.15) is 17.4 Å². The highest BCUT2D eigenvalue weighted by molar-refractivity contribution is 7.99. The predicted octanol–water partition coefficient (Wildman–Crippen LogP) is -0.181. The quantitative estimate of drug-likeness (QED) is 0.662. The maximum Gasteiger partial charge on any atom is 0.178 e. The Balaban J connectivity index is 2.03. The normalized spacial score (nSPS) is 30.9. The monoisotopic (exact) mass is 285 g/mol. The van der Waals surface area contributed by atoms with Crippen LogP contribution in [0.3, 0.4) is 0 Å². The van der Waals surface area contributed by atoms with E-state index in [2.05, 4.69) is 4.98 Å². The van der Waals surface area contributed by atoms with E-state index in [1.54, 1.807) is 6.07 Å².